The molecule has 0 aliphatic rings. The van der Waals surface area contributed by atoms with Gasteiger partial charge in [0.15, 0.2) is 0 Å². The first-order valence-electron chi connectivity index (χ1n) is 7.63. The molecule has 0 atom stereocenters. The minimum atomic E-state index is -0.216. The Bertz CT molecular complexity index is 613. The fourth-order valence-electron chi connectivity index (χ4n) is 2.07. The molecule has 124 valence electrons. The Balaban J connectivity index is 1.51. The van der Waals surface area contributed by atoms with E-state index in [4.69, 9.17) is 0 Å². The average Bonchev–Trinajstić information content (AvgIpc) is 2.95. The zero-order chi connectivity index (χ0) is 16.5. The normalized spacial score (nSPS) is 10.7. The first-order valence-corrected chi connectivity index (χ1v) is 9.66. The molecule has 0 saturated carbocycles. The van der Waals surface area contributed by atoms with E-state index in [2.05, 4.69) is 10.3 Å². The van der Waals surface area contributed by atoms with Crippen molar-refractivity contribution in [3.63, 3.8) is 0 Å². The topological polar surface area (TPSA) is 42.0 Å². The van der Waals surface area contributed by atoms with Crippen molar-refractivity contribution in [2.75, 3.05) is 12.3 Å². The summed E-state index contributed by atoms with van der Waals surface area (Å²) in [7, 11) is 0. The fraction of sp³-hybridized carbons (Fsp3) is 0.412. The van der Waals surface area contributed by atoms with Crippen molar-refractivity contribution in [1.29, 1.82) is 0 Å². The second-order valence-electron chi connectivity index (χ2n) is 5.24. The molecule has 0 unspecified atom stereocenters. The van der Waals surface area contributed by atoms with Gasteiger partial charge in [-0.25, -0.2) is 9.37 Å². The Morgan fingerprint density at radius 1 is 1.35 bits per heavy atom. The third-order valence-corrected chi connectivity index (χ3v) is 5.43. The number of thiazole rings is 1. The van der Waals surface area contributed by atoms with Crippen LogP contribution in [-0.2, 0) is 17.0 Å². The molecule has 0 radical (unpaired) electrons. The van der Waals surface area contributed by atoms with Gasteiger partial charge in [-0.2, -0.15) is 11.8 Å². The Labute approximate surface area is 144 Å². The van der Waals surface area contributed by atoms with Crippen molar-refractivity contribution in [2.45, 2.75) is 31.9 Å². The number of aryl methyl sites for hydroxylation is 2. The lowest BCUT2D eigenvalue weighted by molar-refractivity contribution is -0.120. The number of nitrogens with zero attached hydrogens (tertiary/aromatic N) is 1. The largest absolute Gasteiger partial charge is 0.356 e. The van der Waals surface area contributed by atoms with Gasteiger partial charge in [0, 0.05) is 29.3 Å². The summed E-state index contributed by atoms with van der Waals surface area (Å²) < 4.78 is 12.8. The fourth-order valence-corrected chi connectivity index (χ4v) is 3.79. The summed E-state index contributed by atoms with van der Waals surface area (Å²) in [6.07, 6.45) is 2.43. The number of carbonyl (C=O) groups is 1. The van der Waals surface area contributed by atoms with E-state index in [-0.39, 0.29) is 11.7 Å². The zero-order valence-electron chi connectivity index (χ0n) is 13.2. The van der Waals surface area contributed by atoms with E-state index in [0.717, 1.165) is 35.6 Å². The van der Waals surface area contributed by atoms with Crippen LogP contribution in [0.5, 0.6) is 0 Å². The summed E-state index contributed by atoms with van der Waals surface area (Å²) in [4.78, 5) is 17.3. The van der Waals surface area contributed by atoms with Crippen LogP contribution in [0.3, 0.4) is 0 Å². The van der Waals surface area contributed by atoms with E-state index in [0.29, 0.717) is 13.0 Å². The molecule has 0 saturated heterocycles. The smallest absolute Gasteiger partial charge is 0.220 e. The molecule has 2 aromatic rings. The molecule has 6 heteroatoms. The lowest BCUT2D eigenvalue weighted by Gasteiger charge is -2.05. The number of thioether (sulfide) groups is 1. The minimum Gasteiger partial charge on any atom is -0.356 e. The molecule has 1 amide bonds. The predicted octanol–water partition coefficient (Wildman–Crippen LogP) is 3.96. The predicted molar refractivity (Wildman–Crippen MR) is 95.4 cm³/mol. The maximum absolute atomic E-state index is 12.8. The molecule has 3 nitrogen and oxygen atoms in total. The molecule has 1 aromatic carbocycles. The number of aromatic nitrogens is 1. The molecule has 23 heavy (non-hydrogen) atoms. The molecule has 0 spiro atoms. The molecule has 0 fully saturated rings. The first kappa shape index (κ1) is 17.9. The Hall–Kier alpha value is -1.40. The second-order valence-corrected chi connectivity index (χ2v) is 7.29. The summed E-state index contributed by atoms with van der Waals surface area (Å²) in [6.45, 7) is 2.72. The molecule has 2 rings (SSSR count). The summed E-state index contributed by atoms with van der Waals surface area (Å²) in [5, 5.41) is 2.95. The quantitative estimate of drug-likeness (QED) is 0.695. The Morgan fingerprint density at radius 3 is 2.83 bits per heavy atom. The van der Waals surface area contributed by atoms with Gasteiger partial charge in [-0.05, 0) is 37.5 Å². The summed E-state index contributed by atoms with van der Waals surface area (Å²) >= 11 is 3.36. The highest BCUT2D eigenvalue weighted by atomic mass is 32.2. The number of hydrogen-bond acceptors (Lipinski definition) is 4. The van der Waals surface area contributed by atoms with Crippen LogP contribution < -0.4 is 5.32 Å². The molecular weight excluding hydrogens is 331 g/mol. The van der Waals surface area contributed by atoms with E-state index in [1.54, 1.807) is 35.2 Å². The van der Waals surface area contributed by atoms with E-state index in [1.807, 2.05) is 12.4 Å². The monoisotopic (exact) mass is 352 g/mol. The minimum absolute atomic E-state index is 0.0950. The van der Waals surface area contributed by atoms with Crippen molar-refractivity contribution in [2.24, 2.45) is 0 Å². The third kappa shape index (κ3) is 6.71. The summed E-state index contributed by atoms with van der Waals surface area (Å²) in [5.41, 5.74) is 4.04. The molecule has 0 aliphatic heterocycles. The Morgan fingerprint density at radius 2 is 2.13 bits per heavy atom. The first-order chi connectivity index (χ1) is 11.1. The number of halogens is 1. The van der Waals surface area contributed by atoms with Gasteiger partial charge in [-0.3, -0.25) is 4.79 Å². The standard InChI is InChI=1S/C17H21FN2OS2/c1-13-16(23-12-20-13)3-2-9-19-17(21)8-10-22-11-14-4-6-15(18)7-5-14/h4-7,12H,2-3,8-11H2,1H3,(H,19,21). The van der Waals surface area contributed by atoms with Crippen molar-refractivity contribution in [1.82, 2.24) is 10.3 Å². The number of rotatable bonds is 9. The Kier molecular flexibility index (Phi) is 7.55. The van der Waals surface area contributed by atoms with Gasteiger partial charge in [0.05, 0.1) is 11.2 Å². The van der Waals surface area contributed by atoms with Crippen molar-refractivity contribution in [3.8, 4) is 0 Å². The number of amides is 1. The highest BCUT2D eigenvalue weighted by Gasteiger charge is 2.03. The van der Waals surface area contributed by atoms with Crippen LogP contribution in [0.2, 0.25) is 0 Å². The molecule has 0 aliphatic carbocycles. The van der Waals surface area contributed by atoms with Crippen molar-refractivity contribution >= 4 is 29.0 Å². The van der Waals surface area contributed by atoms with E-state index in [9.17, 15) is 9.18 Å². The van der Waals surface area contributed by atoms with Gasteiger partial charge >= 0.3 is 0 Å². The van der Waals surface area contributed by atoms with Crippen LogP contribution in [0.1, 0.15) is 29.0 Å². The number of hydrogen-bond donors (Lipinski definition) is 1. The number of carbonyl (C=O) groups excluding carboxylic acids is 1. The van der Waals surface area contributed by atoms with Gasteiger partial charge in [-0.1, -0.05) is 12.1 Å². The maximum atomic E-state index is 12.8. The van der Waals surface area contributed by atoms with Gasteiger partial charge in [0.25, 0.3) is 0 Å². The van der Waals surface area contributed by atoms with Crippen LogP contribution in [0.15, 0.2) is 29.8 Å². The van der Waals surface area contributed by atoms with E-state index >= 15 is 0 Å². The van der Waals surface area contributed by atoms with Crippen molar-refractivity contribution < 1.29 is 9.18 Å². The maximum Gasteiger partial charge on any atom is 0.220 e. The van der Waals surface area contributed by atoms with E-state index < -0.39 is 0 Å². The van der Waals surface area contributed by atoms with Crippen molar-refractivity contribution in [3.05, 3.63) is 51.7 Å². The van der Waals surface area contributed by atoms with Gasteiger partial charge < -0.3 is 5.32 Å². The summed E-state index contributed by atoms with van der Waals surface area (Å²) in [5.74, 6) is 1.46. The van der Waals surface area contributed by atoms with E-state index in [1.165, 1.54) is 17.0 Å². The average molecular weight is 353 g/mol. The van der Waals surface area contributed by atoms with Crippen LogP contribution in [0.25, 0.3) is 0 Å². The molecule has 0 bridgehead atoms. The number of nitrogens with one attached hydrogen (secondary N) is 1. The van der Waals surface area contributed by atoms with Gasteiger partial charge in [0.2, 0.25) is 5.91 Å². The highest BCUT2D eigenvalue weighted by Crippen LogP contribution is 2.14. The lowest BCUT2D eigenvalue weighted by Crippen LogP contribution is -2.25. The zero-order valence-corrected chi connectivity index (χ0v) is 14.8. The van der Waals surface area contributed by atoms with Crippen LogP contribution in [0.4, 0.5) is 4.39 Å². The molecule has 1 aromatic heterocycles. The van der Waals surface area contributed by atoms with Gasteiger partial charge in [-0.15, -0.1) is 11.3 Å². The van der Waals surface area contributed by atoms with Gasteiger partial charge in [0.1, 0.15) is 5.82 Å². The third-order valence-electron chi connectivity index (χ3n) is 3.40. The molecule has 1 heterocycles. The van der Waals surface area contributed by atoms with Crippen LogP contribution in [-0.4, -0.2) is 23.2 Å². The highest BCUT2D eigenvalue weighted by molar-refractivity contribution is 7.98. The molecule has 1 N–H and O–H groups in total. The molecular formula is C17H21FN2OS2. The van der Waals surface area contributed by atoms with Crippen LogP contribution >= 0.6 is 23.1 Å². The lowest BCUT2D eigenvalue weighted by atomic mass is 10.2. The SMILES string of the molecule is Cc1ncsc1CCCNC(=O)CCSCc1ccc(F)cc1. The van der Waals surface area contributed by atoms with Crippen LogP contribution in [0, 0.1) is 12.7 Å². The second kappa shape index (κ2) is 9.67. The number of benzene rings is 1. The summed E-state index contributed by atoms with van der Waals surface area (Å²) in [6, 6.07) is 6.49.